The standard InChI is InChI=1S/C16H21N3S/c1-3-17-14-6-4-5-7-15-12(14)8-18-16(19-15)13-10-20-9-11(13)2/h8-10,14,17H,3-7H2,1-2H3. The van der Waals surface area contributed by atoms with Gasteiger partial charge in [0.25, 0.3) is 0 Å². The van der Waals surface area contributed by atoms with Crippen molar-refractivity contribution in [1.82, 2.24) is 15.3 Å². The first-order valence-corrected chi connectivity index (χ1v) is 8.36. The number of rotatable bonds is 3. The van der Waals surface area contributed by atoms with Gasteiger partial charge >= 0.3 is 0 Å². The second kappa shape index (κ2) is 6.02. The van der Waals surface area contributed by atoms with Crippen molar-refractivity contribution < 1.29 is 0 Å². The van der Waals surface area contributed by atoms with E-state index in [1.165, 1.54) is 41.6 Å². The lowest BCUT2D eigenvalue weighted by molar-refractivity contribution is 0.502. The molecule has 1 unspecified atom stereocenters. The van der Waals surface area contributed by atoms with Crippen LogP contribution in [0.25, 0.3) is 11.4 Å². The van der Waals surface area contributed by atoms with Gasteiger partial charge < -0.3 is 5.32 Å². The fourth-order valence-corrected chi connectivity index (χ4v) is 3.72. The molecule has 0 aromatic carbocycles. The van der Waals surface area contributed by atoms with Gasteiger partial charge in [-0.25, -0.2) is 9.97 Å². The van der Waals surface area contributed by atoms with Crippen LogP contribution in [-0.4, -0.2) is 16.5 Å². The SMILES string of the molecule is CCNC1CCCCc2nc(-c3cscc3C)ncc21. The molecule has 1 aliphatic rings. The van der Waals surface area contributed by atoms with E-state index in [1.54, 1.807) is 11.3 Å². The van der Waals surface area contributed by atoms with E-state index >= 15 is 0 Å². The summed E-state index contributed by atoms with van der Waals surface area (Å²) in [6, 6.07) is 0.426. The lowest BCUT2D eigenvalue weighted by Gasteiger charge is -2.17. The van der Waals surface area contributed by atoms with Crippen molar-refractivity contribution in [2.75, 3.05) is 6.54 Å². The molecule has 0 bridgehead atoms. The molecule has 106 valence electrons. The van der Waals surface area contributed by atoms with E-state index in [9.17, 15) is 0 Å². The van der Waals surface area contributed by atoms with Crippen LogP contribution in [0.1, 0.15) is 49.0 Å². The summed E-state index contributed by atoms with van der Waals surface area (Å²) >= 11 is 1.72. The topological polar surface area (TPSA) is 37.8 Å². The molecule has 1 aliphatic carbocycles. The zero-order valence-electron chi connectivity index (χ0n) is 12.1. The Morgan fingerprint density at radius 1 is 1.35 bits per heavy atom. The molecular formula is C16H21N3S. The Morgan fingerprint density at radius 2 is 2.25 bits per heavy atom. The minimum Gasteiger partial charge on any atom is -0.310 e. The average Bonchev–Trinajstić information content (AvgIpc) is 2.78. The van der Waals surface area contributed by atoms with Gasteiger partial charge in [0.2, 0.25) is 0 Å². The molecular weight excluding hydrogens is 266 g/mol. The van der Waals surface area contributed by atoms with Crippen molar-refractivity contribution >= 4 is 11.3 Å². The van der Waals surface area contributed by atoms with E-state index in [0.29, 0.717) is 6.04 Å². The molecule has 0 amide bonds. The van der Waals surface area contributed by atoms with Gasteiger partial charge in [0.05, 0.1) is 0 Å². The fraction of sp³-hybridized carbons (Fsp3) is 0.500. The zero-order valence-corrected chi connectivity index (χ0v) is 13.0. The number of aryl methyl sites for hydroxylation is 2. The van der Waals surface area contributed by atoms with E-state index in [2.05, 4.69) is 34.9 Å². The van der Waals surface area contributed by atoms with Gasteiger partial charge in [-0.05, 0) is 43.7 Å². The second-order valence-electron chi connectivity index (χ2n) is 5.42. The number of aromatic nitrogens is 2. The van der Waals surface area contributed by atoms with E-state index in [0.717, 1.165) is 18.8 Å². The van der Waals surface area contributed by atoms with Crippen molar-refractivity contribution in [2.45, 2.75) is 45.6 Å². The van der Waals surface area contributed by atoms with Gasteiger partial charge in [-0.15, -0.1) is 0 Å². The molecule has 4 heteroatoms. The quantitative estimate of drug-likeness (QED) is 0.870. The Morgan fingerprint density at radius 3 is 3.00 bits per heavy atom. The molecule has 0 fully saturated rings. The summed E-state index contributed by atoms with van der Waals surface area (Å²) in [6.07, 6.45) is 6.82. The van der Waals surface area contributed by atoms with Gasteiger partial charge in [0.1, 0.15) is 0 Å². The highest BCUT2D eigenvalue weighted by Crippen LogP contribution is 2.30. The normalized spacial score (nSPS) is 18.6. The van der Waals surface area contributed by atoms with Crippen molar-refractivity contribution in [3.8, 4) is 11.4 Å². The van der Waals surface area contributed by atoms with Crippen molar-refractivity contribution in [2.24, 2.45) is 0 Å². The highest BCUT2D eigenvalue weighted by atomic mass is 32.1. The highest BCUT2D eigenvalue weighted by molar-refractivity contribution is 7.08. The third kappa shape index (κ3) is 2.63. The molecule has 0 aliphatic heterocycles. The van der Waals surface area contributed by atoms with E-state index in [1.807, 2.05) is 6.20 Å². The number of hydrogen-bond acceptors (Lipinski definition) is 4. The molecule has 2 aromatic rings. The number of hydrogen-bond donors (Lipinski definition) is 1. The van der Waals surface area contributed by atoms with Crippen LogP contribution in [0.5, 0.6) is 0 Å². The first-order chi connectivity index (χ1) is 9.79. The monoisotopic (exact) mass is 287 g/mol. The largest absolute Gasteiger partial charge is 0.310 e. The van der Waals surface area contributed by atoms with Crippen LogP contribution < -0.4 is 5.32 Å². The Labute approximate surface area is 124 Å². The Balaban J connectivity index is 1.99. The van der Waals surface area contributed by atoms with Gasteiger partial charge in [0, 0.05) is 34.4 Å². The van der Waals surface area contributed by atoms with Crippen molar-refractivity contribution in [1.29, 1.82) is 0 Å². The number of nitrogens with zero attached hydrogens (tertiary/aromatic N) is 2. The van der Waals surface area contributed by atoms with Gasteiger partial charge in [-0.2, -0.15) is 11.3 Å². The fourth-order valence-electron chi connectivity index (χ4n) is 2.89. The molecule has 20 heavy (non-hydrogen) atoms. The lowest BCUT2D eigenvalue weighted by atomic mass is 10.0. The van der Waals surface area contributed by atoms with Crippen LogP contribution in [0.4, 0.5) is 0 Å². The molecule has 3 nitrogen and oxygen atoms in total. The van der Waals surface area contributed by atoms with Crippen LogP contribution in [0.3, 0.4) is 0 Å². The van der Waals surface area contributed by atoms with Crippen molar-refractivity contribution in [3.05, 3.63) is 33.8 Å². The Hall–Kier alpha value is -1.26. The molecule has 3 rings (SSSR count). The summed E-state index contributed by atoms with van der Waals surface area (Å²) in [4.78, 5) is 9.49. The third-order valence-corrected chi connectivity index (χ3v) is 4.84. The smallest absolute Gasteiger partial charge is 0.160 e. The van der Waals surface area contributed by atoms with E-state index in [-0.39, 0.29) is 0 Å². The average molecular weight is 287 g/mol. The van der Waals surface area contributed by atoms with Gasteiger partial charge in [-0.3, -0.25) is 0 Å². The molecule has 1 atom stereocenters. The predicted octanol–water partition coefficient (Wildman–Crippen LogP) is 3.89. The van der Waals surface area contributed by atoms with Crippen LogP contribution in [0.2, 0.25) is 0 Å². The van der Waals surface area contributed by atoms with Crippen LogP contribution in [0, 0.1) is 6.92 Å². The summed E-state index contributed by atoms with van der Waals surface area (Å²) in [7, 11) is 0. The summed E-state index contributed by atoms with van der Waals surface area (Å²) in [6.45, 7) is 5.28. The summed E-state index contributed by atoms with van der Waals surface area (Å²) in [5, 5.41) is 7.88. The summed E-state index contributed by atoms with van der Waals surface area (Å²) in [5.74, 6) is 0.889. The number of fused-ring (bicyclic) bond motifs is 1. The predicted molar refractivity (Wildman–Crippen MR) is 84.1 cm³/mol. The van der Waals surface area contributed by atoms with Crippen LogP contribution in [-0.2, 0) is 6.42 Å². The molecule has 0 saturated heterocycles. The first kappa shape index (κ1) is 13.7. The highest BCUT2D eigenvalue weighted by Gasteiger charge is 2.20. The molecule has 1 N–H and O–H groups in total. The molecule has 0 spiro atoms. The molecule has 2 aromatic heterocycles. The van der Waals surface area contributed by atoms with Gasteiger partial charge in [0.15, 0.2) is 5.82 Å². The molecule has 0 saturated carbocycles. The van der Waals surface area contributed by atoms with E-state index in [4.69, 9.17) is 4.98 Å². The minimum atomic E-state index is 0.426. The van der Waals surface area contributed by atoms with E-state index < -0.39 is 0 Å². The molecule has 0 radical (unpaired) electrons. The number of nitrogens with one attached hydrogen (secondary N) is 1. The lowest BCUT2D eigenvalue weighted by Crippen LogP contribution is -2.21. The van der Waals surface area contributed by atoms with Gasteiger partial charge in [-0.1, -0.05) is 13.3 Å². The third-order valence-electron chi connectivity index (χ3n) is 3.98. The van der Waals surface area contributed by atoms with Crippen LogP contribution in [0.15, 0.2) is 17.0 Å². The summed E-state index contributed by atoms with van der Waals surface area (Å²) < 4.78 is 0. The maximum Gasteiger partial charge on any atom is 0.160 e. The summed E-state index contributed by atoms with van der Waals surface area (Å²) in [5.41, 5.74) is 5.00. The Bertz CT molecular complexity index is 591. The Kier molecular flexibility index (Phi) is 4.13. The first-order valence-electron chi connectivity index (χ1n) is 7.42. The maximum absolute atomic E-state index is 4.86. The van der Waals surface area contributed by atoms with Crippen LogP contribution >= 0.6 is 11.3 Å². The maximum atomic E-state index is 4.86. The van der Waals surface area contributed by atoms with Crippen molar-refractivity contribution in [3.63, 3.8) is 0 Å². The molecule has 2 heterocycles. The second-order valence-corrected chi connectivity index (χ2v) is 6.16. The minimum absolute atomic E-state index is 0.426. The zero-order chi connectivity index (χ0) is 13.9. The number of thiophene rings is 1.